The number of oxime groups is 1. The molecule has 176 valence electrons. The predicted octanol–water partition coefficient (Wildman–Crippen LogP) is 3.75. The van der Waals surface area contributed by atoms with Gasteiger partial charge in [0.25, 0.3) is 5.91 Å². The first-order chi connectivity index (χ1) is 17.1. The number of carbonyl (C=O) groups is 2. The fourth-order valence-corrected chi connectivity index (χ4v) is 7.00. The molecule has 7 heteroatoms. The second-order valence-corrected chi connectivity index (χ2v) is 9.86. The van der Waals surface area contributed by atoms with Gasteiger partial charge in [0.1, 0.15) is 30.9 Å². The molecule has 2 spiro atoms. The highest BCUT2D eigenvalue weighted by Gasteiger charge is 2.95. The molecule has 35 heavy (non-hydrogen) atoms. The lowest BCUT2D eigenvalue weighted by molar-refractivity contribution is -0.123. The second-order valence-electron chi connectivity index (χ2n) is 9.86. The number of carbonyl (C=O) groups excluding carboxylic acids is 2. The highest BCUT2D eigenvalue weighted by atomic mass is 16.6. The first-order valence-corrected chi connectivity index (χ1v) is 11.8. The van der Waals surface area contributed by atoms with E-state index in [-0.39, 0.29) is 29.8 Å². The van der Waals surface area contributed by atoms with Crippen LogP contribution in [0, 0.1) is 28.6 Å². The van der Waals surface area contributed by atoms with E-state index in [0.717, 1.165) is 23.3 Å². The molecule has 2 aromatic carbocycles. The van der Waals surface area contributed by atoms with Gasteiger partial charge >= 0.3 is 0 Å². The topological polar surface area (TPSA) is 77.4 Å². The Hall–Kier alpha value is -3.87. The number of anilines is 1. The summed E-state index contributed by atoms with van der Waals surface area (Å²) in [6, 6.07) is 14.6. The fourth-order valence-electron chi connectivity index (χ4n) is 7.00. The van der Waals surface area contributed by atoms with Crippen LogP contribution in [0.3, 0.4) is 0 Å². The van der Waals surface area contributed by atoms with Gasteiger partial charge in [-0.05, 0) is 66.8 Å². The van der Waals surface area contributed by atoms with Gasteiger partial charge in [-0.15, -0.1) is 0 Å². The monoisotopic (exact) mass is 468 g/mol. The molecule has 2 aromatic rings. The Bertz CT molecular complexity index is 1360. The number of amides is 2. The van der Waals surface area contributed by atoms with Gasteiger partial charge < -0.3 is 14.3 Å². The van der Waals surface area contributed by atoms with Crippen LogP contribution < -0.4 is 14.4 Å². The maximum Gasteiger partial charge on any atom is 0.261 e. The lowest BCUT2D eigenvalue weighted by Crippen LogP contribution is -2.31. The van der Waals surface area contributed by atoms with Crippen molar-refractivity contribution in [3.05, 3.63) is 77.9 Å². The molecule has 4 aliphatic carbocycles. The second kappa shape index (κ2) is 6.84. The molecule has 7 nitrogen and oxygen atoms in total. The average molecular weight is 469 g/mol. The molecular weight excluding hydrogens is 444 g/mol. The third-order valence-electron chi connectivity index (χ3n) is 8.58. The number of benzene rings is 2. The lowest BCUT2D eigenvalue weighted by atomic mass is 9.84. The number of rotatable bonds is 7. The first-order valence-electron chi connectivity index (χ1n) is 11.8. The SMILES string of the molecule is CO/N=C(/COc1ccc(N2C(=O)C3=CC4C=CC5C3(C2=O)C52CC42)cc1)c1ccc(OC)cc1. The molecule has 2 bridgehead atoms. The van der Waals surface area contributed by atoms with Crippen LogP contribution in [0.25, 0.3) is 0 Å². The number of hydrogen-bond donors (Lipinski definition) is 0. The lowest BCUT2D eigenvalue weighted by Gasteiger charge is -2.17. The Morgan fingerprint density at radius 2 is 1.77 bits per heavy atom. The zero-order valence-electron chi connectivity index (χ0n) is 19.4. The molecule has 5 aliphatic rings. The Morgan fingerprint density at radius 3 is 2.49 bits per heavy atom. The van der Waals surface area contributed by atoms with Gasteiger partial charge in [0, 0.05) is 22.5 Å². The number of imide groups is 1. The molecule has 3 fully saturated rings. The quantitative estimate of drug-likeness (QED) is 0.268. The molecule has 0 aromatic heterocycles. The van der Waals surface area contributed by atoms with Gasteiger partial charge in [0.2, 0.25) is 5.91 Å². The Balaban J connectivity index is 1.10. The van der Waals surface area contributed by atoms with E-state index >= 15 is 0 Å². The minimum absolute atomic E-state index is 0.0135. The minimum Gasteiger partial charge on any atom is -0.497 e. The van der Waals surface area contributed by atoms with E-state index < -0.39 is 5.41 Å². The van der Waals surface area contributed by atoms with Crippen molar-refractivity contribution < 1.29 is 23.9 Å². The minimum atomic E-state index is -0.614. The van der Waals surface area contributed by atoms with Crippen LogP contribution in [0.5, 0.6) is 11.5 Å². The zero-order valence-corrected chi connectivity index (χ0v) is 19.4. The van der Waals surface area contributed by atoms with Crippen LogP contribution in [-0.4, -0.2) is 38.4 Å². The van der Waals surface area contributed by atoms with Crippen molar-refractivity contribution in [1.29, 1.82) is 0 Å². The zero-order chi connectivity index (χ0) is 23.9. The summed E-state index contributed by atoms with van der Waals surface area (Å²) in [5.74, 6) is 2.15. The Kier molecular flexibility index (Phi) is 4.01. The van der Waals surface area contributed by atoms with Crippen LogP contribution in [0.2, 0.25) is 0 Å². The van der Waals surface area contributed by atoms with Crippen LogP contribution in [0.4, 0.5) is 5.69 Å². The Labute approximate surface area is 202 Å². The molecule has 0 N–H and O–H groups in total. The van der Waals surface area contributed by atoms with Gasteiger partial charge in [-0.3, -0.25) is 9.59 Å². The highest BCUT2D eigenvalue weighted by Crippen LogP contribution is 2.93. The van der Waals surface area contributed by atoms with Crippen molar-refractivity contribution in [2.24, 2.45) is 33.7 Å². The van der Waals surface area contributed by atoms with E-state index in [4.69, 9.17) is 14.3 Å². The van der Waals surface area contributed by atoms with E-state index in [0.29, 0.717) is 29.0 Å². The molecule has 5 unspecified atom stereocenters. The van der Waals surface area contributed by atoms with Gasteiger partial charge in [0.15, 0.2) is 0 Å². The van der Waals surface area contributed by atoms with Crippen molar-refractivity contribution in [3.8, 4) is 11.5 Å². The standard InChI is InChI=1S/C28H24N2O5/c1-33-19-8-3-16(4-9-19)23(29-34-2)15-35-20-10-6-18(7-11-20)30-25(31)21-13-17-5-12-24-27(14-22(17)27)28(21,24)26(30)32/h3-13,17,22,24H,14-15H2,1-2H3/b29-23-. The smallest absolute Gasteiger partial charge is 0.261 e. The van der Waals surface area contributed by atoms with Crippen LogP contribution in [-0.2, 0) is 14.4 Å². The summed E-state index contributed by atoms with van der Waals surface area (Å²) < 4.78 is 11.1. The molecule has 5 atom stereocenters. The normalized spacial score (nSPS) is 33.1. The molecule has 1 heterocycles. The summed E-state index contributed by atoms with van der Waals surface area (Å²) in [5, 5.41) is 4.09. The highest BCUT2D eigenvalue weighted by molar-refractivity contribution is 6.33. The first kappa shape index (κ1) is 20.5. The maximum absolute atomic E-state index is 13.7. The number of allylic oxidation sites excluding steroid dienone is 3. The van der Waals surface area contributed by atoms with E-state index in [9.17, 15) is 9.59 Å². The van der Waals surface area contributed by atoms with E-state index in [1.54, 1.807) is 31.4 Å². The van der Waals surface area contributed by atoms with Gasteiger partial charge in [-0.1, -0.05) is 23.4 Å². The van der Waals surface area contributed by atoms with Crippen molar-refractivity contribution in [1.82, 2.24) is 0 Å². The number of hydrogen-bond acceptors (Lipinski definition) is 6. The summed E-state index contributed by atoms with van der Waals surface area (Å²) in [4.78, 5) is 33.4. The molecule has 2 saturated carbocycles. The number of ether oxygens (including phenoxy) is 2. The fraction of sp³-hybridized carbons (Fsp3) is 0.321. The maximum atomic E-state index is 13.7. The molecule has 2 amide bonds. The molecule has 0 radical (unpaired) electrons. The van der Waals surface area contributed by atoms with Gasteiger partial charge in [0.05, 0.1) is 18.2 Å². The summed E-state index contributed by atoms with van der Waals surface area (Å²) >= 11 is 0. The summed E-state index contributed by atoms with van der Waals surface area (Å²) in [7, 11) is 3.11. The van der Waals surface area contributed by atoms with Crippen molar-refractivity contribution in [2.75, 3.05) is 25.7 Å². The van der Waals surface area contributed by atoms with E-state index in [1.165, 1.54) is 12.0 Å². The molecule has 1 saturated heterocycles. The van der Waals surface area contributed by atoms with Crippen LogP contribution >= 0.6 is 0 Å². The predicted molar refractivity (Wildman–Crippen MR) is 128 cm³/mol. The van der Waals surface area contributed by atoms with Crippen molar-refractivity contribution >= 4 is 23.2 Å². The van der Waals surface area contributed by atoms with Crippen molar-refractivity contribution in [2.45, 2.75) is 6.42 Å². The van der Waals surface area contributed by atoms with E-state index in [1.807, 2.05) is 24.3 Å². The largest absolute Gasteiger partial charge is 0.497 e. The summed E-state index contributed by atoms with van der Waals surface area (Å²) in [5.41, 5.74) is 2.18. The molecule has 7 rings (SSSR count). The van der Waals surface area contributed by atoms with Crippen LogP contribution in [0.1, 0.15) is 12.0 Å². The van der Waals surface area contributed by atoms with Gasteiger partial charge in [-0.2, -0.15) is 0 Å². The Morgan fingerprint density at radius 1 is 1.03 bits per heavy atom. The molecule has 1 aliphatic heterocycles. The molecular formula is C28H24N2O5. The number of nitrogens with zero attached hydrogens (tertiary/aromatic N) is 2. The average Bonchev–Trinajstić information content (AvgIpc) is 3.76. The summed E-state index contributed by atoms with van der Waals surface area (Å²) in [6.07, 6.45) is 7.50. The third kappa shape index (κ3) is 2.43. The van der Waals surface area contributed by atoms with Crippen LogP contribution in [0.15, 0.2) is 77.5 Å². The van der Waals surface area contributed by atoms with Gasteiger partial charge in [-0.25, -0.2) is 4.90 Å². The van der Waals surface area contributed by atoms with E-state index in [2.05, 4.69) is 23.4 Å². The van der Waals surface area contributed by atoms with Crippen molar-refractivity contribution in [3.63, 3.8) is 0 Å². The third-order valence-corrected chi connectivity index (χ3v) is 8.58. The number of methoxy groups -OCH3 is 1. The summed E-state index contributed by atoms with van der Waals surface area (Å²) in [6.45, 7) is 0.191.